The quantitative estimate of drug-likeness (QED) is 0.554. The molecule has 1 aliphatic rings. The van der Waals surface area contributed by atoms with Crippen LogP contribution in [-0.4, -0.2) is 5.78 Å². The highest BCUT2D eigenvalue weighted by Crippen LogP contribution is 2.24. The molecule has 1 nitrogen and oxygen atoms in total. The van der Waals surface area contributed by atoms with Gasteiger partial charge in [0.1, 0.15) is 5.78 Å². The molecule has 0 bridgehead atoms. The highest BCUT2D eigenvalue weighted by atomic mass is 16.1. The van der Waals surface area contributed by atoms with Crippen molar-refractivity contribution in [3.63, 3.8) is 0 Å². The first kappa shape index (κ1) is 6.79. The maximum absolute atomic E-state index is 11.0. The van der Waals surface area contributed by atoms with Gasteiger partial charge in [0.25, 0.3) is 0 Å². The third-order valence-corrected chi connectivity index (χ3v) is 2.07. The molecule has 0 saturated heterocycles. The highest BCUT2D eigenvalue weighted by Gasteiger charge is 2.22. The van der Waals surface area contributed by atoms with Crippen LogP contribution in [0.15, 0.2) is 0 Å². The molecular weight excluding hydrogens is 112 g/mol. The van der Waals surface area contributed by atoms with Crippen molar-refractivity contribution in [3.05, 3.63) is 0 Å². The van der Waals surface area contributed by atoms with E-state index < -0.39 is 0 Å². The van der Waals surface area contributed by atoms with Gasteiger partial charge >= 0.3 is 0 Å². The Morgan fingerprint density at radius 2 is 2.44 bits per heavy atom. The van der Waals surface area contributed by atoms with Crippen molar-refractivity contribution >= 4 is 5.78 Å². The van der Waals surface area contributed by atoms with Gasteiger partial charge in [0, 0.05) is 12.3 Å². The zero-order chi connectivity index (χ0) is 6.69. The van der Waals surface area contributed by atoms with Gasteiger partial charge in [-0.2, -0.15) is 0 Å². The van der Waals surface area contributed by atoms with Gasteiger partial charge in [-0.25, -0.2) is 0 Å². The lowest BCUT2D eigenvalue weighted by Crippen LogP contribution is -2.04. The first-order chi connectivity index (χ1) is 4.34. The molecular formula is C8H14O. The molecule has 0 spiro atoms. The summed E-state index contributed by atoms with van der Waals surface area (Å²) < 4.78 is 0. The minimum atomic E-state index is 0.440. The molecule has 1 aliphatic carbocycles. The molecule has 52 valence electrons. The molecule has 0 N–H and O–H groups in total. The Kier molecular flexibility index (Phi) is 2.26. The summed E-state index contributed by atoms with van der Waals surface area (Å²) in [5.41, 5.74) is 0. The molecule has 0 heterocycles. The minimum Gasteiger partial charge on any atom is -0.299 e. The molecule has 0 radical (unpaired) electrons. The lowest BCUT2D eigenvalue weighted by atomic mass is 10.0. The van der Waals surface area contributed by atoms with Gasteiger partial charge in [-0.15, -0.1) is 0 Å². The van der Waals surface area contributed by atoms with E-state index in [9.17, 15) is 4.79 Å². The molecule has 0 aromatic carbocycles. The van der Waals surface area contributed by atoms with Crippen molar-refractivity contribution in [2.45, 2.75) is 39.0 Å². The molecule has 1 fully saturated rings. The lowest BCUT2D eigenvalue weighted by Gasteiger charge is -2.02. The van der Waals surface area contributed by atoms with Crippen molar-refractivity contribution < 1.29 is 4.79 Å². The number of carbonyl (C=O) groups is 1. The van der Waals surface area contributed by atoms with Gasteiger partial charge in [-0.1, -0.05) is 13.3 Å². The highest BCUT2D eigenvalue weighted by molar-refractivity contribution is 5.82. The molecule has 0 aromatic heterocycles. The van der Waals surface area contributed by atoms with E-state index in [2.05, 4.69) is 6.92 Å². The van der Waals surface area contributed by atoms with E-state index in [4.69, 9.17) is 0 Å². The monoisotopic (exact) mass is 126 g/mol. The van der Waals surface area contributed by atoms with E-state index >= 15 is 0 Å². The Morgan fingerprint density at radius 1 is 1.67 bits per heavy atom. The van der Waals surface area contributed by atoms with E-state index in [0.29, 0.717) is 11.7 Å². The van der Waals surface area contributed by atoms with Crippen molar-refractivity contribution in [1.82, 2.24) is 0 Å². The summed E-state index contributed by atoms with van der Waals surface area (Å²) in [7, 11) is 0. The van der Waals surface area contributed by atoms with E-state index in [0.717, 1.165) is 32.1 Å². The third-order valence-electron chi connectivity index (χ3n) is 2.07. The Morgan fingerprint density at radius 3 is 2.89 bits per heavy atom. The van der Waals surface area contributed by atoms with Gasteiger partial charge in [-0.05, 0) is 19.3 Å². The van der Waals surface area contributed by atoms with Crippen LogP contribution in [0.25, 0.3) is 0 Å². The van der Waals surface area contributed by atoms with Crippen LogP contribution in [0.1, 0.15) is 39.0 Å². The normalized spacial score (nSPS) is 27.2. The predicted molar refractivity (Wildman–Crippen MR) is 37.3 cm³/mol. The van der Waals surface area contributed by atoms with Crippen molar-refractivity contribution in [2.24, 2.45) is 5.92 Å². The van der Waals surface area contributed by atoms with E-state index in [-0.39, 0.29) is 0 Å². The summed E-state index contributed by atoms with van der Waals surface area (Å²) in [5, 5.41) is 0. The Bertz CT molecular complexity index is 107. The maximum atomic E-state index is 11.0. The molecule has 1 rings (SSSR count). The fourth-order valence-corrected chi connectivity index (χ4v) is 1.54. The van der Waals surface area contributed by atoms with Crippen molar-refractivity contribution in [3.8, 4) is 0 Å². The number of hydrogen-bond acceptors (Lipinski definition) is 1. The van der Waals surface area contributed by atoms with Crippen molar-refractivity contribution in [2.75, 3.05) is 0 Å². The van der Waals surface area contributed by atoms with Crippen LogP contribution in [0.4, 0.5) is 0 Å². The van der Waals surface area contributed by atoms with Gasteiger partial charge in [0.15, 0.2) is 0 Å². The van der Waals surface area contributed by atoms with Gasteiger partial charge < -0.3 is 0 Å². The van der Waals surface area contributed by atoms with Crippen molar-refractivity contribution in [1.29, 1.82) is 0 Å². The second-order valence-corrected chi connectivity index (χ2v) is 2.84. The zero-order valence-corrected chi connectivity index (χ0v) is 6.02. The van der Waals surface area contributed by atoms with Gasteiger partial charge in [-0.3, -0.25) is 4.79 Å². The molecule has 9 heavy (non-hydrogen) atoms. The molecule has 1 heteroatoms. The SMILES string of the molecule is CCCC1CCCC1=O. The van der Waals surface area contributed by atoms with E-state index in [1.165, 1.54) is 0 Å². The Labute approximate surface area is 56.4 Å². The Balaban J connectivity index is 2.31. The average Bonchev–Trinajstić information content (AvgIpc) is 2.18. The van der Waals surface area contributed by atoms with Gasteiger partial charge in [0.05, 0.1) is 0 Å². The molecule has 0 amide bonds. The van der Waals surface area contributed by atoms with Crippen LogP contribution in [0.2, 0.25) is 0 Å². The van der Waals surface area contributed by atoms with Crippen LogP contribution in [0.5, 0.6) is 0 Å². The number of carbonyl (C=O) groups excluding carboxylic acids is 1. The lowest BCUT2D eigenvalue weighted by molar-refractivity contribution is -0.120. The smallest absolute Gasteiger partial charge is 0.135 e. The molecule has 1 unspecified atom stereocenters. The fourth-order valence-electron chi connectivity index (χ4n) is 1.54. The Hall–Kier alpha value is -0.330. The largest absolute Gasteiger partial charge is 0.299 e. The van der Waals surface area contributed by atoms with E-state index in [1.807, 2.05) is 0 Å². The van der Waals surface area contributed by atoms with Crippen LogP contribution in [0, 0.1) is 5.92 Å². The number of Topliss-reactive ketones (excluding diaryl/α,β-unsaturated/α-hetero) is 1. The predicted octanol–water partition coefficient (Wildman–Crippen LogP) is 2.16. The van der Waals surface area contributed by atoms with E-state index in [1.54, 1.807) is 0 Å². The number of ketones is 1. The zero-order valence-electron chi connectivity index (χ0n) is 6.02. The topological polar surface area (TPSA) is 17.1 Å². The minimum absolute atomic E-state index is 0.440. The third kappa shape index (κ3) is 1.54. The molecule has 1 saturated carbocycles. The summed E-state index contributed by atoms with van der Waals surface area (Å²) in [4.78, 5) is 11.0. The number of hydrogen-bond donors (Lipinski definition) is 0. The first-order valence-corrected chi connectivity index (χ1v) is 3.87. The summed E-state index contributed by atoms with van der Waals surface area (Å²) in [6.45, 7) is 2.14. The fraction of sp³-hybridized carbons (Fsp3) is 0.875. The summed E-state index contributed by atoms with van der Waals surface area (Å²) in [5.74, 6) is 0.951. The second-order valence-electron chi connectivity index (χ2n) is 2.84. The van der Waals surface area contributed by atoms with Crippen LogP contribution in [0.3, 0.4) is 0 Å². The standard InChI is InChI=1S/C8H14O/c1-2-4-7-5-3-6-8(7)9/h7H,2-6H2,1H3. The van der Waals surface area contributed by atoms with Crippen LogP contribution < -0.4 is 0 Å². The number of rotatable bonds is 2. The average molecular weight is 126 g/mol. The second kappa shape index (κ2) is 3.00. The maximum Gasteiger partial charge on any atom is 0.135 e. The van der Waals surface area contributed by atoms with Crippen LogP contribution in [-0.2, 0) is 4.79 Å². The summed E-state index contributed by atoms with van der Waals surface area (Å²) in [6, 6.07) is 0. The van der Waals surface area contributed by atoms with Gasteiger partial charge in [0.2, 0.25) is 0 Å². The van der Waals surface area contributed by atoms with Crippen LogP contribution >= 0.6 is 0 Å². The molecule has 0 aromatic rings. The summed E-state index contributed by atoms with van der Waals surface area (Å²) in [6.07, 6.45) is 5.44. The molecule has 1 atom stereocenters. The first-order valence-electron chi connectivity index (χ1n) is 3.87. The molecule has 0 aliphatic heterocycles. The summed E-state index contributed by atoms with van der Waals surface area (Å²) >= 11 is 0.